The molecule has 1 aromatic carbocycles. The van der Waals surface area contributed by atoms with Gasteiger partial charge in [-0.25, -0.2) is 4.83 Å². The van der Waals surface area contributed by atoms with Crippen LogP contribution in [0, 0.1) is 11.8 Å². The van der Waals surface area contributed by atoms with Gasteiger partial charge >= 0.3 is 0 Å². The first-order chi connectivity index (χ1) is 11.6. The first-order valence-corrected chi connectivity index (χ1v) is 10.4. The second-order valence-corrected chi connectivity index (χ2v) is 8.39. The van der Waals surface area contributed by atoms with Crippen molar-refractivity contribution in [2.45, 2.75) is 56.8 Å². The van der Waals surface area contributed by atoms with Gasteiger partial charge in [-0.05, 0) is 68.7 Å². The number of benzene rings is 1. The maximum absolute atomic E-state index is 12.4. The molecule has 0 unspecified atom stereocenters. The van der Waals surface area contributed by atoms with E-state index in [1.807, 2.05) is 6.92 Å². The average molecular weight is 350 g/mol. The second-order valence-electron chi connectivity index (χ2n) is 6.72. The largest absolute Gasteiger partial charge is 0.494 e. The highest BCUT2D eigenvalue weighted by Crippen LogP contribution is 2.39. The van der Waals surface area contributed by atoms with Crippen molar-refractivity contribution in [2.75, 3.05) is 6.61 Å². The van der Waals surface area contributed by atoms with E-state index in [0.29, 0.717) is 18.3 Å². The number of sulfonamides is 1. The summed E-state index contributed by atoms with van der Waals surface area (Å²) in [6.45, 7) is 2.45. The zero-order valence-corrected chi connectivity index (χ0v) is 15.0. The maximum atomic E-state index is 12.4. The number of ether oxygens (including phenoxy) is 1. The Bertz CT molecular complexity index is 683. The van der Waals surface area contributed by atoms with Crippen molar-refractivity contribution in [3.63, 3.8) is 0 Å². The summed E-state index contributed by atoms with van der Waals surface area (Å²) >= 11 is 0. The summed E-state index contributed by atoms with van der Waals surface area (Å²) in [5.41, 5.74) is 0.993. The van der Waals surface area contributed by atoms with Gasteiger partial charge in [-0.3, -0.25) is 0 Å². The molecule has 0 saturated heterocycles. The van der Waals surface area contributed by atoms with Gasteiger partial charge in [0.15, 0.2) is 0 Å². The van der Waals surface area contributed by atoms with Crippen LogP contribution in [-0.2, 0) is 10.0 Å². The Balaban J connectivity index is 1.63. The molecule has 3 rings (SSSR count). The van der Waals surface area contributed by atoms with E-state index in [1.165, 1.54) is 25.7 Å². The quantitative estimate of drug-likeness (QED) is 0.823. The lowest BCUT2D eigenvalue weighted by molar-refractivity contribution is 0.218. The van der Waals surface area contributed by atoms with Crippen LogP contribution in [0.15, 0.2) is 34.3 Å². The number of nitrogens with one attached hydrogen (secondary N) is 1. The summed E-state index contributed by atoms with van der Waals surface area (Å²) < 4.78 is 30.1. The molecule has 6 heteroatoms. The Hall–Kier alpha value is -1.56. The van der Waals surface area contributed by atoms with E-state index in [1.54, 1.807) is 24.3 Å². The molecule has 0 aliphatic heterocycles. The summed E-state index contributed by atoms with van der Waals surface area (Å²) in [5, 5.41) is 4.23. The monoisotopic (exact) mass is 350 g/mol. The Morgan fingerprint density at radius 3 is 2.54 bits per heavy atom. The first-order valence-electron chi connectivity index (χ1n) is 8.88. The summed E-state index contributed by atoms with van der Waals surface area (Å²) in [6, 6.07) is 6.42. The molecule has 0 radical (unpaired) electrons. The van der Waals surface area contributed by atoms with Gasteiger partial charge in [0.25, 0.3) is 10.0 Å². The zero-order chi connectivity index (χ0) is 17.0. The first kappa shape index (κ1) is 17.3. The highest BCUT2D eigenvalue weighted by Gasteiger charge is 2.30. The summed E-state index contributed by atoms with van der Waals surface area (Å²) in [5.74, 6) is 2.18. The van der Waals surface area contributed by atoms with Crippen LogP contribution >= 0.6 is 0 Å². The van der Waals surface area contributed by atoms with Crippen molar-refractivity contribution in [2.24, 2.45) is 16.9 Å². The molecule has 0 amide bonds. The average Bonchev–Trinajstić information content (AvgIpc) is 2.61. The third-order valence-corrected chi connectivity index (χ3v) is 6.36. The van der Waals surface area contributed by atoms with Crippen molar-refractivity contribution in [3.8, 4) is 5.75 Å². The van der Waals surface area contributed by atoms with Crippen LogP contribution in [0.4, 0.5) is 0 Å². The van der Waals surface area contributed by atoms with Gasteiger partial charge in [-0.1, -0.05) is 19.3 Å². The molecular weight excluding hydrogens is 324 g/mol. The lowest BCUT2D eigenvalue weighted by Gasteiger charge is -2.35. The van der Waals surface area contributed by atoms with E-state index in [2.05, 4.69) is 9.93 Å². The van der Waals surface area contributed by atoms with E-state index >= 15 is 0 Å². The number of nitrogens with zero attached hydrogens (tertiary/aromatic N) is 1. The smallest absolute Gasteiger partial charge is 0.276 e. The summed E-state index contributed by atoms with van der Waals surface area (Å²) in [7, 11) is -3.61. The molecule has 0 heterocycles. The number of fused-ring (bicyclic) bond motifs is 1. The van der Waals surface area contributed by atoms with E-state index in [9.17, 15) is 8.42 Å². The maximum Gasteiger partial charge on any atom is 0.276 e. The number of rotatable bonds is 5. The van der Waals surface area contributed by atoms with Crippen molar-refractivity contribution in [1.82, 2.24) is 4.83 Å². The van der Waals surface area contributed by atoms with Crippen LogP contribution < -0.4 is 9.57 Å². The van der Waals surface area contributed by atoms with Crippen LogP contribution in [0.25, 0.3) is 0 Å². The minimum absolute atomic E-state index is 0.210. The Kier molecular flexibility index (Phi) is 5.43. The van der Waals surface area contributed by atoms with Crippen LogP contribution in [0.3, 0.4) is 0 Å². The number of hydrogen-bond acceptors (Lipinski definition) is 4. The van der Waals surface area contributed by atoms with Gasteiger partial charge in [-0.2, -0.15) is 13.5 Å². The van der Waals surface area contributed by atoms with Crippen molar-refractivity contribution in [3.05, 3.63) is 24.3 Å². The number of hydrogen-bond donors (Lipinski definition) is 1. The normalized spacial score (nSPS) is 26.0. The standard InChI is InChI=1S/C18H26N2O3S/c1-2-23-17-9-11-18(12-10-17)24(21,22)20-19-16-8-7-14-5-3-4-6-15(14)13-16/h9-12,14-15,20H,2-8,13H2,1H3/b19-16+/t14-,15+/m1/s1. The van der Waals surface area contributed by atoms with Gasteiger partial charge in [0.2, 0.25) is 0 Å². The lowest BCUT2D eigenvalue weighted by Crippen LogP contribution is -2.29. The lowest BCUT2D eigenvalue weighted by atomic mass is 9.70. The van der Waals surface area contributed by atoms with E-state index in [4.69, 9.17) is 4.74 Å². The summed E-state index contributed by atoms with van der Waals surface area (Å²) in [6.07, 6.45) is 8.23. The molecule has 2 saturated carbocycles. The SMILES string of the molecule is CCOc1ccc(S(=O)(=O)N/N=C2\CC[C@H]3CCCC[C@H]3C2)cc1. The molecule has 5 nitrogen and oxygen atoms in total. The van der Waals surface area contributed by atoms with Crippen molar-refractivity contribution >= 4 is 15.7 Å². The van der Waals surface area contributed by atoms with Crippen LogP contribution in [0.1, 0.15) is 51.9 Å². The molecule has 132 valence electrons. The number of hydrazone groups is 1. The van der Waals surface area contributed by atoms with Crippen LogP contribution in [-0.4, -0.2) is 20.7 Å². The molecule has 24 heavy (non-hydrogen) atoms. The molecule has 2 atom stereocenters. The van der Waals surface area contributed by atoms with Gasteiger partial charge in [0.05, 0.1) is 11.5 Å². The van der Waals surface area contributed by atoms with Gasteiger partial charge < -0.3 is 4.74 Å². The predicted octanol–water partition coefficient (Wildman–Crippen LogP) is 3.71. The highest BCUT2D eigenvalue weighted by atomic mass is 32.2. The van der Waals surface area contributed by atoms with Crippen molar-refractivity contribution in [1.29, 1.82) is 0 Å². The molecule has 0 spiro atoms. The van der Waals surface area contributed by atoms with E-state index in [0.717, 1.165) is 30.9 Å². The third-order valence-electron chi connectivity index (χ3n) is 5.14. The Morgan fingerprint density at radius 2 is 1.83 bits per heavy atom. The van der Waals surface area contributed by atoms with E-state index in [-0.39, 0.29) is 4.90 Å². The molecule has 0 aromatic heterocycles. The fraction of sp³-hybridized carbons (Fsp3) is 0.611. The second kappa shape index (κ2) is 7.55. The molecule has 0 bridgehead atoms. The van der Waals surface area contributed by atoms with Crippen molar-refractivity contribution < 1.29 is 13.2 Å². The molecular formula is C18H26N2O3S. The third kappa shape index (κ3) is 4.09. The highest BCUT2D eigenvalue weighted by molar-refractivity contribution is 7.89. The van der Waals surface area contributed by atoms with Crippen LogP contribution in [0.5, 0.6) is 5.75 Å². The van der Waals surface area contributed by atoms with Gasteiger partial charge in [0, 0.05) is 5.71 Å². The minimum Gasteiger partial charge on any atom is -0.494 e. The predicted molar refractivity (Wildman–Crippen MR) is 94.7 cm³/mol. The zero-order valence-electron chi connectivity index (χ0n) is 14.2. The van der Waals surface area contributed by atoms with Gasteiger partial charge in [-0.15, -0.1) is 0 Å². The Morgan fingerprint density at radius 1 is 1.12 bits per heavy atom. The topological polar surface area (TPSA) is 67.8 Å². The molecule has 2 fully saturated rings. The fourth-order valence-electron chi connectivity index (χ4n) is 3.85. The van der Waals surface area contributed by atoms with E-state index < -0.39 is 10.0 Å². The summed E-state index contributed by atoms with van der Waals surface area (Å²) in [4.78, 5) is 2.62. The molecule has 2 aliphatic carbocycles. The molecule has 1 aromatic rings. The molecule has 2 aliphatic rings. The molecule has 1 N–H and O–H groups in total. The minimum atomic E-state index is -3.61. The fourth-order valence-corrected chi connectivity index (χ4v) is 4.70. The van der Waals surface area contributed by atoms with Crippen LogP contribution in [0.2, 0.25) is 0 Å². The van der Waals surface area contributed by atoms with Gasteiger partial charge in [0.1, 0.15) is 5.75 Å². The Labute approximate surface area is 144 Å².